The van der Waals surface area contributed by atoms with Crippen molar-refractivity contribution >= 4 is 33.9 Å². The fourth-order valence-corrected chi connectivity index (χ4v) is 4.30. The number of hydrogen-bond acceptors (Lipinski definition) is 6. The fourth-order valence-electron chi connectivity index (χ4n) is 4.30. The first kappa shape index (κ1) is 22.0. The molecule has 0 saturated carbocycles. The van der Waals surface area contributed by atoms with Gasteiger partial charge in [-0.25, -0.2) is 9.50 Å². The van der Waals surface area contributed by atoms with Crippen LogP contribution < -0.4 is 16.6 Å². The van der Waals surface area contributed by atoms with Crippen LogP contribution in [0.3, 0.4) is 0 Å². The van der Waals surface area contributed by atoms with E-state index in [2.05, 4.69) is 15.4 Å². The van der Waals surface area contributed by atoms with Crippen LogP contribution in [0.1, 0.15) is 46.3 Å². The van der Waals surface area contributed by atoms with Crippen LogP contribution in [0.25, 0.3) is 22.1 Å². The van der Waals surface area contributed by atoms with E-state index in [1.54, 1.807) is 55.7 Å². The van der Waals surface area contributed by atoms with Gasteiger partial charge in [-0.1, -0.05) is 36.4 Å². The molecular formula is C26H22N6O3. The molecule has 9 nitrogen and oxygen atoms in total. The highest BCUT2D eigenvalue weighted by molar-refractivity contribution is 6.07. The Morgan fingerprint density at radius 1 is 1.06 bits per heavy atom. The summed E-state index contributed by atoms with van der Waals surface area (Å²) in [4.78, 5) is 43.5. The molecule has 0 aliphatic heterocycles. The number of aromatic nitrogens is 4. The summed E-state index contributed by atoms with van der Waals surface area (Å²) in [5.41, 5.74) is 7.68. The summed E-state index contributed by atoms with van der Waals surface area (Å²) in [6.45, 7) is 3.22. The molecule has 0 fully saturated rings. The lowest BCUT2D eigenvalue weighted by molar-refractivity contribution is 0.0940. The Bertz CT molecular complexity index is 1670. The number of fused-ring (bicyclic) bond motifs is 2. The van der Waals surface area contributed by atoms with E-state index in [0.29, 0.717) is 33.4 Å². The van der Waals surface area contributed by atoms with Crippen molar-refractivity contribution in [2.75, 3.05) is 5.73 Å². The Labute approximate surface area is 199 Å². The van der Waals surface area contributed by atoms with Crippen molar-refractivity contribution in [3.63, 3.8) is 0 Å². The first-order valence-corrected chi connectivity index (χ1v) is 11.0. The van der Waals surface area contributed by atoms with Crippen LogP contribution in [-0.2, 0) is 0 Å². The van der Waals surface area contributed by atoms with E-state index < -0.39 is 11.9 Å². The molecule has 0 spiro atoms. The number of carbonyl (C=O) groups is 2. The molecule has 0 bridgehead atoms. The number of hydrogen-bond donors (Lipinski definition) is 2. The zero-order chi connectivity index (χ0) is 24.7. The minimum absolute atomic E-state index is 0.0541. The molecule has 9 heteroatoms. The van der Waals surface area contributed by atoms with Gasteiger partial charge in [-0.05, 0) is 43.5 Å². The number of nitrogens with two attached hydrogens (primary N) is 1. The molecule has 1 amide bonds. The quantitative estimate of drug-likeness (QED) is 0.383. The number of nitrogen functional groups attached to an aromatic ring is 1. The maximum atomic E-state index is 13.8. The van der Waals surface area contributed by atoms with Crippen molar-refractivity contribution in [1.82, 2.24) is 24.5 Å². The molecule has 1 unspecified atom stereocenters. The lowest BCUT2D eigenvalue weighted by Gasteiger charge is -2.21. The van der Waals surface area contributed by atoms with E-state index in [0.717, 1.165) is 0 Å². The fraction of sp³-hybridized carbons (Fsp3) is 0.115. The summed E-state index contributed by atoms with van der Waals surface area (Å²) in [5.74, 6) is -0.607. The average molecular weight is 467 g/mol. The average Bonchev–Trinajstić information content (AvgIpc) is 3.19. The minimum Gasteiger partial charge on any atom is -0.381 e. The van der Waals surface area contributed by atoms with E-state index in [1.165, 1.54) is 16.0 Å². The van der Waals surface area contributed by atoms with Gasteiger partial charge in [0.1, 0.15) is 5.56 Å². The van der Waals surface area contributed by atoms with Gasteiger partial charge in [0.15, 0.2) is 17.2 Å². The zero-order valence-corrected chi connectivity index (χ0v) is 19.1. The number of rotatable bonds is 5. The maximum absolute atomic E-state index is 13.8. The number of amides is 1. The van der Waals surface area contributed by atoms with Gasteiger partial charge in [0.25, 0.3) is 11.5 Å². The lowest BCUT2D eigenvalue weighted by Crippen LogP contribution is -2.32. The molecule has 174 valence electrons. The number of para-hydroxylation sites is 1. The van der Waals surface area contributed by atoms with Crippen molar-refractivity contribution in [2.24, 2.45) is 0 Å². The van der Waals surface area contributed by atoms with Crippen LogP contribution in [-0.4, -0.2) is 30.9 Å². The largest absolute Gasteiger partial charge is 0.381 e. The van der Waals surface area contributed by atoms with Crippen molar-refractivity contribution in [3.05, 3.63) is 100 Å². The van der Waals surface area contributed by atoms with Crippen LogP contribution >= 0.6 is 0 Å². The van der Waals surface area contributed by atoms with Crippen LogP contribution in [0.5, 0.6) is 0 Å². The number of carbonyl (C=O) groups excluding carboxylic acids is 2. The van der Waals surface area contributed by atoms with Gasteiger partial charge in [-0.2, -0.15) is 0 Å². The summed E-state index contributed by atoms with van der Waals surface area (Å²) in [6.07, 6.45) is 3.21. The van der Waals surface area contributed by atoms with E-state index in [9.17, 15) is 14.4 Å². The third-order valence-corrected chi connectivity index (χ3v) is 5.91. The minimum atomic E-state index is -0.598. The SMILES string of the molecule is CC(=O)c1cccc2cc(C(C)NC(=O)c3c(N)nn4cccnc34)n(-c3ccccc3)c(=O)c12. The normalized spacial score (nSPS) is 12.1. The Kier molecular flexibility index (Phi) is 5.37. The molecule has 0 aliphatic rings. The molecule has 5 aromatic rings. The van der Waals surface area contributed by atoms with Crippen LogP contribution in [0.15, 0.2) is 77.9 Å². The highest BCUT2D eigenvalue weighted by atomic mass is 16.2. The Morgan fingerprint density at radius 3 is 2.57 bits per heavy atom. The molecule has 3 N–H and O–H groups in total. The molecule has 0 aliphatic carbocycles. The summed E-state index contributed by atoms with van der Waals surface area (Å²) < 4.78 is 2.96. The van der Waals surface area contributed by atoms with Crippen molar-refractivity contribution in [3.8, 4) is 5.69 Å². The highest BCUT2D eigenvalue weighted by Crippen LogP contribution is 2.24. The van der Waals surface area contributed by atoms with Gasteiger partial charge in [0, 0.05) is 29.3 Å². The van der Waals surface area contributed by atoms with E-state index in [1.807, 2.05) is 24.3 Å². The van der Waals surface area contributed by atoms with E-state index >= 15 is 0 Å². The standard InChI is InChI=1S/C26H22N6O3/c1-15(29-25(34)22-23(27)30-31-13-7-12-28-24(22)31)20-14-17-8-6-11-19(16(2)33)21(17)26(35)32(20)18-9-4-3-5-10-18/h3-15H,1-2H3,(H2,27,30)(H,29,34). The van der Waals surface area contributed by atoms with Crippen LogP contribution in [0, 0.1) is 0 Å². The van der Waals surface area contributed by atoms with Crippen molar-refractivity contribution in [1.29, 1.82) is 0 Å². The Morgan fingerprint density at radius 2 is 1.83 bits per heavy atom. The van der Waals surface area contributed by atoms with Gasteiger partial charge < -0.3 is 11.1 Å². The maximum Gasteiger partial charge on any atom is 0.263 e. The topological polar surface area (TPSA) is 124 Å². The van der Waals surface area contributed by atoms with E-state index in [-0.39, 0.29) is 22.7 Å². The van der Waals surface area contributed by atoms with Gasteiger partial charge in [-0.15, -0.1) is 5.10 Å². The third-order valence-electron chi connectivity index (χ3n) is 5.91. The number of pyridine rings is 1. The highest BCUT2D eigenvalue weighted by Gasteiger charge is 2.24. The number of anilines is 1. The predicted molar refractivity (Wildman–Crippen MR) is 133 cm³/mol. The monoisotopic (exact) mass is 466 g/mol. The zero-order valence-electron chi connectivity index (χ0n) is 19.1. The molecule has 0 radical (unpaired) electrons. The molecule has 2 aromatic carbocycles. The Hall–Kier alpha value is -4.79. The third kappa shape index (κ3) is 3.72. The lowest BCUT2D eigenvalue weighted by atomic mass is 10.0. The molecule has 1 atom stereocenters. The summed E-state index contributed by atoms with van der Waals surface area (Å²) in [5, 5.41) is 8.03. The summed E-state index contributed by atoms with van der Waals surface area (Å²) in [7, 11) is 0. The Balaban J connectivity index is 1.66. The second kappa shape index (κ2) is 8.53. The van der Waals surface area contributed by atoms with Crippen molar-refractivity contribution < 1.29 is 9.59 Å². The number of nitrogens with zero attached hydrogens (tertiary/aromatic N) is 4. The molecule has 5 rings (SSSR count). The number of nitrogens with one attached hydrogen (secondary N) is 1. The van der Waals surface area contributed by atoms with Crippen LogP contribution in [0.2, 0.25) is 0 Å². The molecule has 3 heterocycles. The predicted octanol–water partition coefficient (Wildman–Crippen LogP) is 3.31. The molecule has 0 saturated heterocycles. The number of Topliss-reactive ketones (excluding diaryl/α,β-unsaturated/α-hetero) is 1. The molecule has 35 heavy (non-hydrogen) atoms. The van der Waals surface area contributed by atoms with Crippen LogP contribution in [0.4, 0.5) is 5.82 Å². The molecular weight excluding hydrogens is 444 g/mol. The summed E-state index contributed by atoms with van der Waals surface area (Å²) >= 11 is 0. The van der Waals surface area contributed by atoms with Gasteiger partial charge in [0.05, 0.1) is 11.4 Å². The second-order valence-corrected chi connectivity index (χ2v) is 8.21. The van der Waals surface area contributed by atoms with Gasteiger partial charge in [0.2, 0.25) is 0 Å². The number of benzene rings is 2. The molecule has 3 aromatic heterocycles. The second-order valence-electron chi connectivity index (χ2n) is 8.21. The number of ketones is 1. The van der Waals surface area contributed by atoms with E-state index in [4.69, 9.17) is 5.73 Å². The first-order chi connectivity index (χ1) is 16.9. The summed E-state index contributed by atoms with van der Waals surface area (Å²) in [6, 6.07) is 17.2. The van der Waals surface area contributed by atoms with Gasteiger partial charge >= 0.3 is 0 Å². The smallest absolute Gasteiger partial charge is 0.263 e. The van der Waals surface area contributed by atoms with Gasteiger partial charge in [-0.3, -0.25) is 19.0 Å². The first-order valence-electron chi connectivity index (χ1n) is 11.0. The van der Waals surface area contributed by atoms with Crippen molar-refractivity contribution in [2.45, 2.75) is 19.9 Å².